The predicted molar refractivity (Wildman–Crippen MR) is 80.3 cm³/mol. The highest BCUT2D eigenvalue weighted by atomic mass is 16.2. The first kappa shape index (κ1) is 15.3. The molecule has 1 aromatic carbocycles. The fourth-order valence-electron chi connectivity index (χ4n) is 1.58. The van der Waals surface area contributed by atoms with E-state index in [9.17, 15) is 4.79 Å². The Morgan fingerprint density at radius 1 is 1.42 bits per heavy atom. The maximum absolute atomic E-state index is 11.6. The molecule has 0 saturated heterocycles. The van der Waals surface area contributed by atoms with Crippen molar-refractivity contribution in [3.63, 3.8) is 0 Å². The smallest absolute Gasteiger partial charge is 0.319 e. The Kier molecular flexibility index (Phi) is 6.15. The van der Waals surface area contributed by atoms with Gasteiger partial charge in [-0.3, -0.25) is 0 Å². The Labute approximate surface area is 115 Å². The van der Waals surface area contributed by atoms with Crippen molar-refractivity contribution >= 4 is 17.4 Å². The minimum Gasteiger partial charge on any atom is -0.399 e. The van der Waals surface area contributed by atoms with Crippen LogP contribution in [0.25, 0.3) is 0 Å². The Bertz CT molecular complexity index is 406. The highest BCUT2D eigenvalue weighted by molar-refractivity contribution is 5.89. The highest BCUT2D eigenvalue weighted by Crippen LogP contribution is 2.11. The summed E-state index contributed by atoms with van der Waals surface area (Å²) in [6.45, 7) is 5.93. The molecular weight excluding hydrogens is 240 g/mol. The fraction of sp³-hybridized carbons (Fsp3) is 0.500. The van der Waals surface area contributed by atoms with Gasteiger partial charge in [0.05, 0.1) is 0 Å². The number of nitrogens with one attached hydrogen (secondary N) is 2. The van der Waals surface area contributed by atoms with Crippen LogP contribution in [-0.2, 0) is 0 Å². The van der Waals surface area contributed by atoms with Crippen LogP contribution in [-0.4, -0.2) is 37.1 Å². The number of carbonyl (C=O) groups excluding carboxylic acids is 1. The van der Waals surface area contributed by atoms with Crippen LogP contribution in [0.4, 0.5) is 16.2 Å². The van der Waals surface area contributed by atoms with Gasteiger partial charge in [0.25, 0.3) is 0 Å². The third-order valence-electron chi connectivity index (χ3n) is 3.00. The SMILES string of the molecule is CC(C)N(C)CCCNC(=O)Nc1cccc(N)c1. The van der Waals surface area contributed by atoms with Gasteiger partial charge in [-0.2, -0.15) is 0 Å². The van der Waals surface area contributed by atoms with Crippen molar-refractivity contribution in [3.8, 4) is 0 Å². The van der Waals surface area contributed by atoms with Crippen LogP contribution in [0.15, 0.2) is 24.3 Å². The molecule has 0 heterocycles. The van der Waals surface area contributed by atoms with E-state index in [4.69, 9.17) is 5.73 Å². The molecule has 1 rings (SSSR count). The van der Waals surface area contributed by atoms with Gasteiger partial charge in [0.15, 0.2) is 0 Å². The van der Waals surface area contributed by atoms with Gasteiger partial charge in [0.1, 0.15) is 0 Å². The molecule has 5 nitrogen and oxygen atoms in total. The Morgan fingerprint density at radius 2 is 2.16 bits per heavy atom. The molecule has 0 unspecified atom stereocenters. The van der Waals surface area contributed by atoms with Crippen LogP contribution in [0.1, 0.15) is 20.3 Å². The molecule has 0 aliphatic rings. The molecule has 0 radical (unpaired) electrons. The van der Waals surface area contributed by atoms with Gasteiger partial charge in [-0.1, -0.05) is 6.07 Å². The van der Waals surface area contributed by atoms with Gasteiger partial charge in [0, 0.05) is 24.0 Å². The maximum Gasteiger partial charge on any atom is 0.319 e. The molecule has 0 bridgehead atoms. The van der Waals surface area contributed by atoms with Crippen molar-refractivity contribution in [3.05, 3.63) is 24.3 Å². The first-order chi connectivity index (χ1) is 8.99. The summed E-state index contributed by atoms with van der Waals surface area (Å²) >= 11 is 0. The molecule has 19 heavy (non-hydrogen) atoms. The van der Waals surface area contributed by atoms with Crippen LogP contribution in [0, 0.1) is 0 Å². The number of hydrogen-bond donors (Lipinski definition) is 3. The first-order valence-electron chi connectivity index (χ1n) is 6.59. The Hall–Kier alpha value is -1.75. The molecule has 0 saturated carbocycles. The summed E-state index contributed by atoms with van der Waals surface area (Å²) in [5.74, 6) is 0. The van der Waals surface area contributed by atoms with Crippen molar-refractivity contribution in [2.24, 2.45) is 0 Å². The zero-order valence-electron chi connectivity index (χ0n) is 11.9. The molecule has 0 fully saturated rings. The molecule has 2 amide bonds. The lowest BCUT2D eigenvalue weighted by atomic mass is 10.3. The molecule has 0 aliphatic carbocycles. The van der Waals surface area contributed by atoms with Gasteiger partial charge < -0.3 is 21.3 Å². The number of rotatable bonds is 6. The van der Waals surface area contributed by atoms with Gasteiger partial charge >= 0.3 is 6.03 Å². The largest absolute Gasteiger partial charge is 0.399 e. The lowest BCUT2D eigenvalue weighted by Crippen LogP contribution is -2.33. The van der Waals surface area contributed by atoms with E-state index in [1.54, 1.807) is 12.1 Å². The third kappa shape index (κ3) is 6.10. The van der Waals surface area contributed by atoms with E-state index in [0.29, 0.717) is 24.0 Å². The summed E-state index contributed by atoms with van der Waals surface area (Å²) in [6.07, 6.45) is 0.930. The normalized spacial score (nSPS) is 10.8. The number of urea groups is 1. The van der Waals surface area contributed by atoms with Crippen molar-refractivity contribution in [1.82, 2.24) is 10.2 Å². The number of hydrogen-bond acceptors (Lipinski definition) is 3. The molecule has 0 spiro atoms. The van der Waals surface area contributed by atoms with Crippen LogP contribution in [0.3, 0.4) is 0 Å². The Balaban J connectivity index is 2.22. The number of nitrogens with two attached hydrogens (primary N) is 1. The van der Waals surface area contributed by atoms with E-state index in [-0.39, 0.29) is 6.03 Å². The van der Waals surface area contributed by atoms with E-state index in [0.717, 1.165) is 13.0 Å². The molecular formula is C14H24N4O. The number of nitrogen functional groups attached to an aromatic ring is 1. The van der Waals surface area contributed by atoms with Crippen LogP contribution in [0.5, 0.6) is 0 Å². The van der Waals surface area contributed by atoms with E-state index in [1.807, 2.05) is 12.1 Å². The van der Waals surface area contributed by atoms with Crippen molar-refractivity contribution in [2.75, 3.05) is 31.2 Å². The molecule has 4 N–H and O–H groups in total. The van der Waals surface area contributed by atoms with Crippen molar-refractivity contribution in [2.45, 2.75) is 26.3 Å². The minimum atomic E-state index is -0.196. The summed E-state index contributed by atoms with van der Waals surface area (Å²) in [4.78, 5) is 13.9. The monoisotopic (exact) mass is 264 g/mol. The summed E-state index contributed by atoms with van der Waals surface area (Å²) < 4.78 is 0. The second-order valence-corrected chi connectivity index (χ2v) is 4.93. The van der Waals surface area contributed by atoms with Crippen LogP contribution < -0.4 is 16.4 Å². The molecule has 0 aromatic heterocycles. The molecule has 0 atom stereocenters. The van der Waals surface area contributed by atoms with Gasteiger partial charge in [0.2, 0.25) is 0 Å². The molecule has 5 heteroatoms. The lowest BCUT2D eigenvalue weighted by molar-refractivity contribution is 0.248. The summed E-state index contributed by atoms with van der Waals surface area (Å²) in [7, 11) is 2.08. The average Bonchev–Trinajstić information content (AvgIpc) is 2.34. The Morgan fingerprint density at radius 3 is 2.79 bits per heavy atom. The number of benzene rings is 1. The lowest BCUT2D eigenvalue weighted by Gasteiger charge is -2.20. The van der Waals surface area contributed by atoms with E-state index in [1.165, 1.54) is 0 Å². The summed E-state index contributed by atoms with van der Waals surface area (Å²) in [5, 5.41) is 5.58. The van der Waals surface area contributed by atoms with Gasteiger partial charge in [-0.05, 0) is 52.1 Å². The van der Waals surface area contributed by atoms with Crippen molar-refractivity contribution in [1.29, 1.82) is 0 Å². The van der Waals surface area contributed by atoms with E-state index < -0.39 is 0 Å². The first-order valence-corrected chi connectivity index (χ1v) is 6.59. The quantitative estimate of drug-likeness (QED) is 0.544. The van der Waals surface area contributed by atoms with Crippen LogP contribution >= 0.6 is 0 Å². The standard InChI is InChI=1S/C14H24N4O/c1-11(2)18(3)9-5-8-16-14(19)17-13-7-4-6-12(15)10-13/h4,6-7,10-11H,5,8-9,15H2,1-3H3,(H2,16,17,19). The summed E-state index contributed by atoms with van der Waals surface area (Å²) in [6, 6.07) is 7.46. The molecule has 106 valence electrons. The highest BCUT2D eigenvalue weighted by Gasteiger charge is 2.04. The average molecular weight is 264 g/mol. The number of anilines is 2. The van der Waals surface area contributed by atoms with Gasteiger partial charge in [-0.15, -0.1) is 0 Å². The molecule has 1 aromatic rings. The second kappa shape index (κ2) is 7.63. The van der Waals surface area contributed by atoms with E-state index >= 15 is 0 Å². The van der Waals surface area contributed by atoms with E-state index in [2.05, 4.69) is 36.4 Å². The fourth-order valence-corrected chi connectivity index (χ4v) is 1.58. The zero-order valence-corrected chi connectivity index (χ0v) is 11.9. The minimum absolute atomic E-state index is 0.196. The van der Waals surface area contributed by atoms with Gasteiger partial charge in [-0.25, -0.2) is 4.79 Å². The second-order valence-electron chi connectivity index (χ2n) is 4.93. The van der Waals surface area contributed by atoms with Crippen molar-refractivity contribution < 1.29 is 4.79 Å². The number of amides is 2. The maximum atomic E-state index is 11.6. The third-order valence-corrected chi connectivity index (χ3v) is 3.00. The number of nitrogens with zero attached hydrogens (tertiary/aromatic N) is 1. The number of carbonyl (C=O) groups is 1. The topological polar surface area (TPSA) is 70.4 Å². The predicted octanol–water partition coefficient (Wildman–Crippen LogP) is 2.12. The molecule has 0 aliphatic heterocycles. The summed E-state index contributed by atoms with van der Waals surface area (Å²) in [5.41, 5.74) is 6.98. The van der Waals surface area contributed by atoms with Crippen LogP contribution in [0.2, 0.25) is 0 Å². The zero-order chi connectivity index (χ0) is 14.3.